The number of ether oxygens (including phenoxy) is 1. The zero-order valence-corrected chi connectivity index (χ0v) is 14.5. The smallest absolute Gasteiger partial charge is 0.360 e. The van der Waals surface area contributed by atoms with Crippen molar-refractivity contribution in [1.82, 2.24) is 14.3 Å². The predicted molar refractivity (Wildman–Crippen MR) is 87.7 cm³/mol. The molecular weight excluding hydrogens is 370 g/mol. The zero-order chi connectivity index (χ0) is 18.0. The molecule has 0 amide bonds. The van der Waals surface area contributed by atoms with E-state index in [2.05, 4.69) is 10.3 Å². The maximum atomic E-state index is 12.8. The standard InChI is InChI=1S/C15H12ClN3O5S/c1-2-23-15(20)12-9-14(24-18-12)13-6-7-17-19(13)25(21,22)11-5-3-4-10(16)8-11/h3-9H,2H2,1H3. The van der Waals surface area contributed by atoms with Crippen LogP contribution in [0.1, 0.15) is 17.4 Å². The van der Waals surface area contributed by atoms with Crippen molar-refractivity contribution in [1.29, 1.82) is 0 Å². The van der Waals surface area contributed by atoms with Crippen molar-refractivity contribution in [2.45, 2.75) is 11.8 Å². The van der Waals surface area contributed by atoms with Gasteiger partial charge in [-0.3, -0.25) is 0 Å². The van der Waals surface area contributed by atoms with Gasteiger partial charge in [0.25, 0.3) is 10.0 Å². The highest BCUT2D eigenvalue weighted by Gasteiger charge is 2.25. The Balaban J connectivity index is 2.03. The van der Waals surface area contributed by atoms with Crippen molar-refractivity contribution in [3.05, 3.63) is 53.3 Å². The van der Waals surface area contributed by atoms with Crippen LogP contribution in [-0.4, -0.2) is 35.3 Å². The second kappa shape index (κ2) is 6.69. The molecule has 0 N–H and O–H groups in total. The summed E-state index contributed by atoms with van der Waals surface area (Å²) >= 11 is 5.86. The first-order valence-corrected chi connectivity index (χ1v) is 8.94. The largest absolute Gasteiger partial charge is 0.461 e. The molecule has 25 heavy (non-hydrogen) atoms. The van der Waals surface area contributed by atoms with Gasteiger partial charge in [-0.2, -0.15) is 13.5 Å². The van der Waals surface area contributed by atoms with E-state index < -0.39 is 16.0 Å². The number of esters is 1. The maximum absolute atomic E-state index is 12.8. The average Bonchev–Trinajstić information content (AvgIpc) is 3.24. The number of hydrogen-bond acceptors (Lipinski definition) is 7. The molecule has 3 aromatic rings. The van der Waals surface area contributed by atoms with Gasteiger partial charge in [-0.15, -0.1) is 4.09 Å². The first-order valence-electron chi connectivity index (χ1n) is 7.13. The van der Waals surface area contributed by atoms with Gasteiger partial charge in [-0.05, 0) is 31.2 Å². The third-order valence-corrected chi connectivity index (χ3v) is 5.01. The van der Waals surface area contributed by atoms with Gasteiger partial charge in [0.15, 0.2) is 11.5 Å². The molecule has 0 aliphatic rings. The van der Waals surface area contributed by atoms with E-state index in [1.165, 1.54) is 36.5 Å². The van der Waals surface area contributed by atoms with Crippen LogP contribution in [0.15, 0.2) is 52.0 Å². The van der Waals surface area contributed by atoms with Crippen molar-refractivity contribution in [3.63, 3.8) is 0 Å². The molecule has 0 fully saturated rings. The third kappa shape index (κ3) is 3.28. The summed E-state index contributed by atoms with van der Waals surface area (Å²) in [6.07, 6.45) is 1.30. The summed E-state index contributed by atoms with van der Waals surface area (Å²) < 4.78 is 36.2. The van der Waals surface area contributed by atoms with Crippen molar-refractivity contribution >= 4 is 27.6 Å². The Morgan fingerprint density at radius 1 is 1.32 bits per heavy atom. The fraction of sp³-hybridized carbons (Fsp3) is 0.133. The van der Waals surface area contributed by atoms with Crippen LogP contribution in [0.25, 0.3) is 11.5 Å². The van der Waals surface area contributed by atoms with E-state index in [9.17, 15) is 13.2 Å². The molecule has 0 bridgehead atoms. The Hall–Kier alpha value is -2.65. The highest BCUT2D eigenvalue weighted by Crippen LogP contribution is 2.25. The fourth-order valence-electron chi connectivity index (χ4n) is 2.08. The minimum absolute atomic E-state index is 0.0323. The Bertz CT molecular complexity index is 1030. The van der Waals surface area contributed by atoms with Crippen LogP contribution in [-0.2, 0) is 14.8 Å². The van der Waals surface area contributed by atoms with Crippen LogP contribution in [0, 0.1) is 0 Å². The fourth-order valence-corrected chi connectivity index (χ4v) is 3.65. The first-order chi connectivity index (χ1) is 11.9. The molecule has 8 nitrogen and oxygen atoms in total. The van der Waals surface area contributed by atoms with Crippen molar-refractivity contribution in [2.24, 2.45) is 0 Å². The number of aromatic nitrogens is 3. The Morgan fingerprint density at radius 2 is 2.12 bits per heavy atom. The number of carbonyl (C=O) groups is 1. The Morgan fingerprint density at radius 3 is 2.84 bits per heavy atom. The number of rotatable bonds is 5. The van der Waals surface area contributed by atoms with Gasteiger partial charge in [0.1, 0.15) is 5.69 Å². The lowest BCUT2D eigenvalue weighted by atomic mass is 10.3. The molecule has 2 aromatic heterocycles. The number of nitrogens with zero attached hydrogens (tertiary/aromatic N) is 3. The molecule has 0 aliphatic carbocycles. The lowest BCUT2D eigenvalue weighted by molar-refractivity contribution is 0.0514. The van der Waals surface area contributed by atoms with Gasteiger partial charge in [-0.25, -0.2) is 4.79 Å². The lowest BCUT2D eigenvalue weighted by Gasteiger charge is -2.07. The molecule has 0 unspecified atom stereocenters. The molecule has 0 atom stereocenters. The predicted octanol–water partition coefficient (Wildman–Crippen LogP) is 2.61. The van der Waals surface area contributed by atoms with Crippen LogP contribution < -0.4 is 0 Å². The van der Waals surface area contributed by atoms with E-state index >= 15 is 0 Å². The zero-order valence-electron chi connectivity index (χ0n) is 12.9. The molecule has 130 valence electrons. The van der Waals surface area contributed by atoms with E-state index in [1.807, 2.05) is 0 Å². The van der Waals surface area contributed by atoms with Gasteiger partial charge >= 0.3 is 5.97 Å². The molecule has 10 heteroatoms. The van der Waals surface area contributed by atoms with E-state index in [0.717, 1.165) is 4.09 Å². The molecule has 3 rings (SSSR count). The molecule has 0 saturated carbocycles. The number of halogens is 1. The van der Waals surface area contributed by atoms with E-state index in [4.69, 9.17) is 20.9 Å². The molecule has 1 aromatic carbocycles. The van der Waals surface area contributed by atoms with Crippen molar-refractivity contribution in [3.8, 4) is 11.5 Å². The number of hydrogen-bond donors (Lipinski definition) is 0. The first kappa shape index (κ1) is 17.2. The Labute approximate surface area is 148 Å². The quantitative estimate of drug-likeness (QED) is 0.625. The molecular formula is C15H12ClN3O5S. The summed E-state index contributed by atoms with van der Waals surface area (Å²) in [7, 11) is -4.00. The van der Waals surface area contributed by atoms with Crippen LogP contribution in [0.2, 0.25) is 5.02 Å². The lowest BCUT2D eigenvalue weighted by Crippen LogP contribution is -2.15. The number of carbonyl (C=O) groups excluding carboxylic acids is 1. The minimum Gasteiger partial charge on any atom is -0.461 e. The topological polar surface area (TPSA) is 104 Å². The van der Waals surface area contributed by atoms with Crippen LogP contribution in [0.5, 0.6) is 0 Å². The van der Waals surface area contributed by atoms with Gasteiger partial charge in [0.2, 0.25) is 0 Å². The van der Waals surface area contributed by atoms with Crippen LogP contribution in [0.4, 0.5) is 0 Å². The second-order valence-electron chi connectivity index (χ2n) is 4.82. The maximum Gasteiger partial charge on any atom is 0.360 e. The van der Waals surface area contributed by atoms with Crippen molar-refractivity contribution in [2.75, 3.05) is 6.61 Å². The number of benzene rings is 1. The van der Waals surface area contributed by atoms with E-state index in [1.54, 1.807) is 13.0 Å². The van der Waals surface area contributed by atoms with Gasteiger partial charge in [0.05, 0.1) is 17.7 Å². The highest BCUT2D eigenvalue weighted by atomic mass is 35.5. The van der Waals surface area contributed by atoms with Crippen LogP contribution in [0.3, 0.4) is 0 Å². The molecule has 0 saturated heterocycles. The average molecular weight is 382 g/mol. The summed E-state index contributed by atoms with van der Waals surface area (Å²) in [5, 5.41) is 7.71. The molecule has 0 aliphatic heterocycles. The molecule has 2 heterocycles. The molecule has 0 spiro atoms. The minimum atomic E-state index is -4.00. The van der Waals surface area contributed by atoms with Gasteiger partial charge < -0.3 is 9.26 Å². The summed E-state index contributed by atoms with van der Waals surface area (Å²) in [5.74, 6) is -0.604. The van der Waals surface area contributed by atoms with Gasteiger partial charge in [0, 0.05) is 11.1 Å². The molecule has 0 radical (unpaired) electrons. The van der Waals surface area contributed by atoms with E-state index in [-0.39, 0.29) is 33.7 Å². The summed E-state index contributed by atoms with van der Waals surface area (Å²) in [6.45, 7) is 1.84. The van der Waals surface area contributed by atoms with Gasteiger partial charge in [-0.1, -0.05) is 22.8 Å². The Kier molecular flexibility index (Phi) is 4.60. The second-order valence-corrected chi connectivity index (χ2v) is 7.02. The van der Waals surface area contributed by atoms with Crippen molar-refractivity contribution < 1.29 is 22.5 Å². The van der Waals surface area contributed by atoms with Crippen LogP contribution >= 0.6 is 11.6 Å². The summed E-state index contributed by atoms with van der Waals surface area (Å²) in [6, 6.07) is 8.51. The normalized spacial score (nSPS) is 11.4. The third-order valence-electron chi connectivity index (χ3n) is 3.18. The summed E-state index contributed by atoms with van der Waals surface area (Å²) in [4.78, 5) is 11.6. The van der Waals surface area contributed by atoms with E-state index in [0.29, 0.717) is 0 Å². The SMILES string of the molecule is CCOC(=O)c1cc(-c2ccnn2S(=O)(=O)c2cccc(Cl)c2)on1. The monoisotopic (exact) mass is 381 g/mol. The highest BCUT2D eigenvalue weighted by molar-refractivity contribution is 7.90. The summed E-state index contributed by atoms with van der Waals surface area (Å²) in [5.41, 5.74) is 0.0489.